The van der Waals surface area contributed by atoms with Gasteiger partial charge >= 0.3 is 0 Å². The van der Waals surface area contributed by atoms with Crippen LogP contribution in [-0.4, -0.2) is 60.1 Å². The maximum atomic E-state index is 3.75. The summed E-state index contributed by atoms with van der Waals surface area (Å²) in [4.78, 5) is 4.86. The van der Waals surface area contributed by atoms with Gasteiger partial charge < -0.3 is 15.1 Å². The average Bonchev–Trinajstić information content (AvgIpc) is 2.33. The van der Waals surface area contributed by atoms with E-state index in [2.05, 4.69) is 84.6 Å². The molecule has 0 radical (unpaired) electrons. The highest BCUT2D eigenvalue weighted by Gasteiger charge is 2.25. The van der Waals surface area contributed by atoms with Crippen LogP contribution in [0.15, 0.2) is 0 Å². The van der Waals surface area contributed by atoms with Crippen molar-refractivity contribution in [3.63, 3.8) is 0 Å². The lowest BCUT2D eigenvalue weighted by Gasteiger charge is -2.38. The highest BCUT2D eigenvalue weighted by atomic mass is 15.2. The molecule has 0 aromatic carbocycles. The molecule has 0 heterocycles. The van der Waals surface area contributed by atoms with Crippen LogP contribution in [0.25, 0.3) is 0 Å². The Morgan fingerprint density at radius 1 is 0.810 bits per heavy atom. The summed E-state index contributed by atoms with van der Waals surface area (Å²) < 4.78 is 0. The first-order valence-corrected chi connectivity index (χ1v) is 8.49. The molecule has 0 saturated carbocycles. The van der Waals surface area contributed by atoms with E-state index in [1.165, 1.54) is 12.8 Å². The van der Waals surface area contributed by atoms with Crippen molar-refractivity contribution in [2.24, 2.45) is 0 Å². The van der Waals surface area contributed by atoms with Gasteiger partial charge in [-0.05, 0) is 88.5 Å². The lowest BCUT2D eigenvalue weighted by molar-refractivity contribution is 0.140. The molecule has 21 heavy (non-hydrogen) atoms. The van der Waals surface area contributed by atoms with Crippen LogP contribution in [0.3, 0.4) is 0 Å². The van der Waals surface area contributed by atoms with Crippen LogP contribution in [0.2, 0.25) is 0 Å². The summed E-state index contributed by atoms with van der Waals surface area (Å²) in [5.74, 6) is 0. The predicted octanol–water partition coefficient (Wildman–Crippen LogP) is 3.60. The second-order valence-corrected chi connectivity index (χ2v) is 8.73. The smallest absolute Gasteiger partial charge is 0.0162 e. The first kappa shape index (κ1) is 20.9. The first-order chi connectivity index (χ1) is 9.32. The molecule has 0 spiro atoms. The molecule has 0 aromatic rings. The van der Waals surface area contributed by atoms with Gasteiger partial charge in [-0.3, -0.25) is 0 Å². The van der Waals surface area contributed by atoms with Crippen LogP contribution in [-0.2, 0) is 0 Å². The second kappa shape index (κ2) is 7.94. The fourth-order valence-electron chi connectivity index (χ4n) is 2.20. The molecule has 3 nitrogen and oxygen atoms in total. The zero-order valence-corrected chi connectivity index (χ0v) is 16.4. The van der Waals surface area contributed by atoms with Crippen LogP contribution in [0.5, 0.6) is 0 Å². The Hall–Kier alpha value is -0.120. The van der Waals surface area contributed by atoms with Crippen molar-refractivity contribution in [2.75, 3.05) is 33.7 Å². The van der Waals surface area contributed by atoms with Crippen molar-refractivity contribution in [2.45, 2.75) is 84.8 Å². The van der Waals surface area contributed by atoms with Gasteiger partial charge in [0.05, 0.1) is 0 Å². The molecule has 0 aromatic heterocycles. The number of nitrogens with one attached hydrogen (secondary N) is 1. The van der Waals surface area contributed by atoms with Gasteiger partial charge in [0.2, 0.25) is 0 Å². The molecule has 0 rings (SSSR count). The molecule has 0 aliphatic heterocycles. The van der Waals surface area contributed by atoms with Crippen molar-refractivity contribution in [3.05, 3.63) is 0 Å². The molecule has 128 valence electrons. The summed E-state index contributed by atoms with van der Waals surface area (Å²) in [6, 6.07) is 0. The number of rotatable bonds is 9. The van der Waals surface area contributed by atoms with Crippen LogP contribution >= 0.6 is 0 Å². The summed E-state index contributed by atoms with van der Waals surface area (Å²) in [5, 5.41) is 3.75. The summed E-state index contributed by atoms with van der Waals surface area (Å²) in [7, 11) is 4.43. The topological polar surface area (TPSA) is 18.5 Å². The lowest BCUT2D eigenvalue weighted by atomic mass is 9.95. The van der Waals surface area contributed by atoms with Gasteiger partial charge in [0, 0.05) is 23.2 Å². The molecule has 0 aliphatic rings. The van der Waals surface area contributed by atoms with E-state index >= 15 is 0 Å². The van der Waals surface area contributed by atoms with E-state index in [0.29, 0.717) is 0 Å². The van der Waals surface area contributed by atoms with Gasteiger partial charge in [-0.2, -0.15) is 0 Å². The molecule has 0 bridgehead atoms. The van der Waals surface area contributed by atoms with Crippen LogP contribution in [0.1, 0.15) is 68.2 Å². The van der Waals surface area contributed by atoms with Crippen molar-refractivity contribution in [1.82, 2.24) is 15.1 Å². The Bertz CT molecular complexity index is 289. The van der Waals surface area contributed by atoms with E-state index in [-0.39, 0.29) is 16.6 Å². The van der Waals surface area contributed by atoms with Crippen molar-refractivity contribution in [1.29, 1.82) is 0 Å². The van der Waals surface area contributed by atoms with Gasteiger partial charge in [0.15, 0.2) is 0 Å². The second-order valence-electron chi connectivity index (χ2n) is 8.73. The van der Waals surface area contributed by atoms with Crippen molar-refractivity contribution < 1.29 is 0 Å². The highest BCUT2D eigenvalue weighted by Crippen LogP contribution is 2.18. The third-order valence-corrected chi connectivity index (χ3v) is 5.07. The minimum Gasteiger partial charge on any atom is -0.312 e. The van der Waals surface area contributed by atoms with Crippen LogP contribution < -0.4 is 5.32 Å². The van der Waals surface area contributed by atoms with E-state index < -0.39 is 0 Å². The third-order valence-electron chi connectivity index (χ3n) is 5.07. The molecule has 0 aliphatic carbocycles. The minimum absolute atomic E-state index is 0.195. The Morgan fingerprint density at radius 2 is 1.33 bits per heavy atom. The van der Waals surface area contributed by atoms with E-state index in [0.717, 1.165) is 19.6 Å². The van der Waals surface area contributed by atoms with Crippen LogP contribution in [0, 0.1) is 0 Å². The first-order valence-electron chi connectivity index (χ1n) is 8.49. The number of nitrogens with zero attached hydrogens (tertiary/aromatic N) is 2. The molecule has 0 amide bonds. The molecule has 1 N–H and O–H groups in total. The highest BCUT2D eigenvalue weighted by molar-refractivity contribution is 4.85. The number of hydrogen-bond acceptors (Lipinski definition) is 3. The normalized spacial score (nSPS) is 14.3. The Balaban J connectivity index is 4.20. The summed E-state index contributed by atoms with van der Waals surface area (Å²) >= 11 is 0. The van der Waals surface area contributed by atoms with E-state index in [4.69, 9.17) is 0 Å². The van der Waals surface area contributed by atoms with E-state index in [1.807, 2.05) is 0 Å². The zero-order valence-electron chi connectivity index (χ0n) is 16.4. The quantitative estimate of drug-likeness (QED) is 0.702. The Morgan fingerprint density at radius 3 is 1.76 bits per heavy atom. The maximum absolute atomic E-state index is 3.75. The fraction of sp³-hybridized carbons (Fsp3) is 1.00. The molecule has 3 heteroatoms. The predicted molar refractivity (Wildman–Crippen MR) is 96.1 cm³/mol. The minimum atomic E-state index is 0.195. The molecular formula is C18H41N3. The average molecular weight is 300 g/mol. The largest absolute Gasteiger partial charge is 0.312 e. The Labute approximate surface area is 134 Å². The van der Waals surface area contributed by atoms with Gasteiger partial charge in [-0.25, -0.2) is 0 Å². The molecular weight excluding hydrogens is 258 g/mol. The molecule has 0 atom stereocenters. The van der Waals surface area contributed by atoms with Gasteiger partial charge in [-0.15, -0.1) is 0 Å². The van der Waals surface area contributed by atoms with Crippen LogP contribution in [0.4, 0.5) is 0 Å². The van der Waals surface area contributed by atoms with Crippen molar-refractivity contribution in [3.8, 4) is 0 Å². The molecule has 0 fully saturated rings. The SMILES string of the molecule is CCN(C)C(C)(C)CCNC(C)(C)CCN(C)C(C)(C)C. The third kappa shape index (κ3) is 8.18. The van der Waals surface area contributed by atoms with Crippen molar-refractivity contribution >= 4 is 0 Å². The fourth-order valence-corrected chi connectivity index (χ4v) is 2.20. The van der Waals surface area contributed by atoms with Gasteiger partial charge in [0.1, 0.15) is 0 Å². The van der Waals surface area contributed by atoms with E-state index in [9.17, 15) is 0 Å². The van der Waals surface area contributed by atoms with Gasteiger partial charge in [-0.1, -0.05) is 6.92 Å². The lowest BCUT2D eigenvalue weighted by Crippen LogP contribution is -2.48. The Kier molecular flexibility index (Phi) is 7.89. The van der Waals surface area contributed by atoms with Gasteiger partial charge in [0.25, 0.3) is 0 Å². The monoisotopic (exact) mass is 299 g/mol. The standard InChI is InChI=1S/C18H41N3/c1-11-20(9)18(7,8)12-14-19-17(5,6)13-15-21(10)16(2,3)4/h19H,11-15H2,1-10H3. The number of hydrogen-bond donors (Lipinski definition) is 1. The summed E-state index contributed by atoms with van der Waals surface area (Å²) in [6.07, 6.45) is 2.35. The maximum Gasteiger partial charge on any atom is 0.0162 e. The summed E-state index contributed by atoms with van der Waals surface area (Å²) in [6.45, 7) is 21.7. The molecule has 0 saturated heterocycles. The zero-order chi connectivity index (χ0) is 16.9. The summed E-state index contributed by atoms with van der Waals surface area (Å²) in [5.41, 5.74) is 0.711. The molecule has 0 unspecified atom stereocenters. The van der Waals surface area contributed by atoms with E-state index in [1.54, 1.807) is 0 Å².